The third kappa shape index (κ3) is 5.48. The number of nitrogens with zero attached hydrogens (tertiary/aromatic N) is 2. The van der Waals surface area contributed by atoms with Gasteiger partial charge in [0.1, 0.15) is 17.3 Å². The van der Waals surface area contributed by atoms with E-state index >= 15 is 0 Å². The van der Waals surface area contributed by atoms with Gasteiger partial charge in [-0.2, -0.15) is 0 Å². The summed E-state index contributed by atoms with van der Waals surface area (Å²) in [7, 11) is 3.44. The standard InChI is InChI=1S/C55H40N2O2/c1-4-51-56-48-21-5-6-22-50(48)57(51)49-23-11-17-42-41(16-10-18-43(42)49)37-14-7-15-38(32-37)47-33-46(34-24-28-39(58-2)29-25-34)54-44-19-8-12-35-13-9-20-45(52(35)44)55(54)53(47)36-26-30-40(59-3)31-27-36/h5-33H,4H2,1-3H3. The van der Waals surface area contributed by atoms with Gasteiger partial charge in [0.25, 0.3) is 0 Å². The molecule has 0 N–H and O–H groups in total. The second-order valence-electron chi connectivity index (χ2n) is 15.2. The van der Waals surface area contributed by atoms with Gasteiger partial charge in [0.2, 0.25) is 0 Å². The van der Waals surface area contributed by atoms with Crippen molar-refractivity contribution in [2.75, 3.05) is 14.2 Å². The van der Waals surface area contributed by atoms with Crippen molar-refractivity contribution in [3.05, 3.63) is 182 Å². The molecule has 4 nitrogen and oxygen atoms in total. The SMILES string of the molecule is CCc1nc2ccccc2n1-c1cccc2c(-c3cccc(-c4cc(-c5ccc(OC)cc5)c5c(c4-c4ccc(OC)cc4)-c4cccc6cccc-5c46)c3)cccc12. The van der Waals surface area contributed by atoms with E-state index in [4.69, 9.17) is 14.5 Å². The second-order valence-corrected chi connectivity index (χ2v) is 15.2. The summed E-state index contributed by atoms with van der Waals surface area (Å²) in [5, 5.41) is 4.93. The van der Waals surface area contributed by atoms with Crippen LogP contribution in [-0.4, -0.2) is 23.8 Å². The van der Waals surface area contributed by atoms with E-state index in [1.54, 1.807) is 14.2 Å². The first-order chi connectivity index (χ1) is 29.1. The summed E-state index contributed by atoms with van der Waals surface area (Å²) in [5.74, 6) is 2.72. The van der Waals surface area contributed by atoms with Gasteiger partial charge in [-0.1, -0.05) is 128 Å². The second kappa shape index (κ2) is 13.9. The van der Waals surface area contributed by atoms with Crippen molar-refractivity contribution in [2.45, 2.75) is 13.3 Å². The van der Waals surface area contributed by atoms with Crippen LogP contribution < -0.4 is 9.47 Å². The van der Waals surface area contributed by atoms with Crippen molar-refractivity contribution < 1.29 is 9.47 Å². The van der Waals surface area contributed by atoms with Gasteiger partial charge in [0.15, 0.2) is 0 Å². The first-order valence-corrected chi connectivity index (χ1v) is 20.2. The number of para-hydroxylation sites is 2. The van der Waals surface area contributed by atoms with Crippen LogP contribution >= 0.6 is 0 Å². The number of rotatable bonds is 8. The monoisotopic (exact) mass is 760 g/mol. The third-order valence-corrected chi connectivity index (χ3v) is 12.1. The van der Waals surface area contributed by atoms with Crippen LogP contribution in [0, 0.1) is 0 Å². The Balaban J connectivity index is 1.17. The average Bonchev–Trinajstić information content (AvgIpc) is 3.85. The highest BCUT2D eigenvalue weighted by Crippen LogP contribution is 2.57. The predicted molar refractivity (Wildman–Crippen MR) is 245 cm³/mol. The third-order valence-electron chi connectivity index (χ3n) is 12.1. The van der Waals surface area contributed by atoms with E-state index in [9.17, 15) is 0 Å². The molecule has 0 unspecified atom stereocenters. The molecule has 0 atom stereocenters. The Morgan fingerprint density at radius 3 is 1.78 bits per heavy atom. The Morgan fingerprint density at radius 2 is 1.05 bits per heavy atom. The molecule has 0 saturated carbocycles. The summed E-state index contributed by atoms with van der Waals surface area (Å²) in [6.45, 7) is 2.18. The lowest BCUT2D eigenvalue weighted by Gasteiger charge is -2.21. The zero-order chi connectivity index (χ0) is 39.6. The quantitative estimate of drug-likeness (QED) is 0.155. The molecule has 10 aromatic rings. The molecular weight excluding hydrogens is 721 g/mol. The number of aryl methyl sites for hydroxylation is 1. The van der Waals surface area contributed by atoms with Gasteiger partial charge in [-0.15, -0.1) is 0 Å². The first-order valence-electron chi connectivity index (χ1n) is 20.2. The fraction of sp³-hybridized carbons (Fsp3) is 0.0727. The molecule has 1 aliphatic rings. The molecular formula is C55H40N2O2. The molecule has 1 heterocycles. The summed E-state index contributed by atoms with van der Waals surface area (Å²) in [5.41, 5.74) is 17.7. The molecule has 282 valence electrons. The van der Waals surface area contributed by atoms with Gasteiger partial charge in [-0.25, -0.2) is 4.98 Å². The number of hydrogen-bond donors (Lipinski definition) is 0. The number of aromatic nitrogens is 2. The van der Waals surface area contributed by atoms with Gasteiger partial charge < -0.3 is 9.47 Å². The van der Waals surface area contributed by atoms with E-state index in [1.807, 2.05) is 0 Å². The van der Waals surface area contributed by atoms with E-state index in [0.29, 0.717) is 0 Å². The predicted octanol–water partition coefficient (Wildman–Crippen LogP) is 14.2. The topological polar surface area (TPSA) is 36.3 Å². The zero-order valence-electron chi connectivity index (χ0n) is 33.2. The van der Waals surface area contributed by atoms with Crippen molar-refractivity contribution in [3.8, 4) is 83.9 Å². The maximum atomic E-state index is 5.66. The molecule has 0 saturated heterocycles. The maximum absolute atomic E-state index is 5.66. The van der Waals surface area contributed by atoms with Crippen molar-refractivity contribution in [2.24, 2.45) is 0 Å². The van der Waals surface area contributed by atoms with Gasteiger partial charge in [0, 0.05) is 11.8 Å². The number of fused-ring (bicyclic) bond motifs is 5. The summed E-state index contributed by atoms with van der Waals surface area (Å²) in [4.78, 5) is 5.02. The largest absolute Gasteiger partial charge is 0.497 e. The molecule has 59 heavy (non-hydrogen) atoms. The summed E-state index contributed by atoms with van der Waals surface area (Å²) in [6, 6.07) is 63.8. The Kier molecular flexibility index (Phi) is 8.19. The molecule has 0 amide bonds. The molecule has 1 aliphatic carbocycles. The number of imidazole rings is 1. The number of hydrogen-bond acceptors (Lipinski definition) is 3. The molecule has 9 aromatic carbocycles. The van der Waals surface area contributed by atoms with E-state index in [-0.39, 0.29) is 0 Å². The van der Waals surface area contributed by atoms with Crippen LogP contribution in [0.25, 0.3) is 105 Å². The van der Waals surface area contributed by atoms with E-state index < -0.39 is 0 Å². The summed E-state index contributed by atoms with van der Waals surface area (Å²) < 4.78 is 13.6. The van der Waals surface area contributed by atoms with Crippen LogP contribution in [-0.2, 0) is 6.42 Å². The average molecular weight is 761 g/mol. The van der Waals surface area contributed by atoms with E-state index in [0.717, 1.165) is 62.7 Å². The molecule has 1 aromatic heterocycles. The Bertz CT molecular complexity index is 3260. The van der Waals surface area contributed by atoms with Crippen LogP contribution in [0.2, 0.25) is 0 Å². The molecule has 0 bridgehead atoms. The van der Waals surface area contributed by atoms with Crippen LogP contribution in [0.4, 0.5) is 0 Å². The molecule has 4 heteroatoms. The van der Waals surface area contributed by atoms with Crippen LogP contribution in [0.1, 0.15) is 12.7 Å². The van der Waals surface area contributed by atoms with Crippen molar-refractivity contribution in [1.29, 1.82) is 0 Å². The van der Waals surface area contributed by atoms with Crippen LogP contribution in [0.5, 0.6) is 11.5 Å². The lowest BCUT2D eigenvalue weighted by molar-refractivity contribution is 0.415. The number of benzene rings is 9. The first kappa shape index (κ1) is 34.8. The number of methoxy groups -OCH3 is 2. The highest BCUT2D eigenvalue weighted by molar-refractivity contribution is 6.23. The minimum absolute atomic E-state index is 0.833. The Morgan fingerprint density at radius 1 is 0.458 bits per heavy atom. The molecule has 0 aliphatic heterocycles. The normalized spacial score (nSPS) is 11.7. The van der Waals surface area contributed by atoms with Gasteiger partial charge in [-0.3, -0.25) is 4.57 Å². The summed E-state index contributed by atoms with van der Waals surface area (Å²) in [6.07, 6.45) is 0.836. The molecule has 0 fully saturated rings. The molecule has 0 spiro atoms. The molecule has 0 radical (unpaired) electrons. The fourth-order valence-electron chi connectivity index (χ4n) is 9.45. The highest BCUT2D eigenvalue weighted by atomic mass is 16.5. The smallest absolute Gasteiger partial charge is 0.118 e. The van der Waals surface area contributed by atoms with Crippen molar-refractivity contribution in [3.63, 3.8) is 0 Å². The van der Waals surface area contributed by atoms with Crippen LogP contribution in [0.15, 0.2) is 176 Å². The highest BCUT2D eigenvalue weighted by Gasteiger charge is 2.30. The van der Waals surface area contributed by atoms with Crippen LogP contribution in [0.3, 0.4) is 0 Å². The fourth-order valence-corrected chi connectivity index (χ4v) is 9.45. The van der Waals surface area contributed by atoms with E-state index in [1.165, 1.54) is 66.1 Å². The minimum atomic E-state index is 0.833. The zero-order valence-corrected chi connectivity index (χ0v) is 33.2. The lowest BCUT2D eigenvalue weighted by Crippen LogP contribution is -2.01. The number of ether oxygens (including phenoxy) is 2. The molecule has 11 rings (SSSR count). The Labute approximate surface area is 343 Å². The lowest BCUT2D eigenvalue weighted by atomic mass is 9.82. The van der Waals surface area contributed by atoms with E-state index in [2.05, 4.69) is 187 Å². The Hall–Kier alpha value is -7.43. The van der Waals surface area contributed by atoms with Gasteiger partial charge in [0.05, 0.1) is 30.9 Å². The summed E-state index contributed by atoms with van der Waals surface area (Å²) >= 11 is 0. The van der Waals surface area contributed by atoms with Crippen molar-refractivity contribution >= 4 is 32.6 Å². The maximum Gasteiger partial charge on any atom is 0.118 e. The van der Waals surface area contributed by atoms with Gasteiger partial charge in [-0.05, 0) is 138 Å². The van der Waals surface area contributed by atoms with Gasteiger partial charge >= 0.3 is 0 Å². The minimum Gasteiger partial charge on any atom is -0.497 e. The van der Waals surface area contributed by atoms with Crippen molar-refractivity contribution in [1.82, 2.24) is 9.55 Å².